The molecular weight excluding hydrogens is 380 g/mol. The average Bonchev–Trinajstić information content (AvgIpc) is 2.74. The first-order valence-corrected chi connectivity index (χ1v) is 10.3. The van der Waals surface area contributed by atoms with Gasteiger partial charge in [-0.05, 0) is 62.8 Å². The van der Waals surface area contributed by atoms with E-state index in [0.29, 0.717) is 25.3 Å². The van der Waals surface area contributed by atoms with Crippen LogP contribution in [0.1, 0.15) is 30.5 Å². The van der Waals surface area contributed by atoms with Crippen LogP contribution in [0.4, 0.5) is 0 Å². The van der Waals surface area contributed by atoms with E-state index in [1.165, 1.54) is 5.56 Å². The Morgan fingerprint density at radius 3 is 2.23 bits per heavy atom. The zero-order valence-corrected chi connectivity index (χ0v) is 18.4. The maximum Gasteiger partial charge on any atom is 0.130 e. The SMILES string of the molecule is COc1ccc([C@@H](CNC[C@@H](O)COc2ccc(CCC(C)=O)cc2)N(C)C)cc1. The Kier molecular flexibility index (Phi) is 9.80. The molecule has 0 bridgehead atoms. The Morgan fingerprint density at radius 1 is 1.03 bits per heavy atom. The van der Waals surface area contributed by atoms with Crippen molar-refractivity contribution in [1.29, 1.82) is 0 Å². The van der Waals surface area contributed by atoms with Crippen molar-refractivity contribution in [3.05, 3.63) is 59.7 Å². The van der Waals surface area contributed by atoms with Crippen LogP contribution in [0, 0.1) is 0 Å². The van der Waals surface area contributed by atoms with Gasteiger partial charge in [-0.3, -0.25) is 0 Å². The van der Waals surface area contributed by atoms with Gasteiger partial charge in [0.2, 0.25) is 0 Å². The number of nitrogens with zero attached hydrogens (tertiary/aromatic N) is 1. The lowest BCUT2D eigenvalue weighted by molar-refractivity contribution is -0.116. The lowest BCUT2D eigenvalue weighted by atomic mass is 10.1. The van der Waals surface area contributed by atoms with Crippen molar-refractivity contribution < 1.29 is 19.4 Å². The molecule has 164 valence electrons. The fourth-order valence-electron chi connectivity index (χ4n) is 3.14. The predicted molar refractivity (Wildman–Crippen MR) is 119 cm³/mol. The summed E-state index contributed by atoms with van der Waals surface area (Å²) in [6, 6.07) is 15.9. The Bertz CT molecular complexity index is 760. The van der Waals surface area contributed by atoms with Gasteiger partial charge in [-0.15, -0.1) is 0 Å². The topological polar surface area (TPSA) is 71.0 Å². The van der Waals surface area contributed by atoms with Gasteiger partial charge in [0.15, 0.2) is 0 Å². The zero-order valence-electron chi connectivity index (χ0n) is 18.4. The maximum atomic E-state index is 11.1. The molecule has 2 rings (SSSR count). The van der Waals surface area contributed by atoms with E-state index in [9.17, 15) is 9.90 Å². The fraction of sp³-hybridized carbons (Fsp3) is 0.458. The molecular formula is C24H34N2O4. The number of methoxy groups -OCH3 is 1. The van der Waals surface area contributed by atoms with Crippen molar-refractivity contribution in [2.45, 2.75) is 31.9 Å². The molecule has 0 spiro atoms. The second-order valence-corrected chi connectivity index (χ2v) is 7.72. The summed E-state index contributed by atoms with van der Waals surface area (Å²) in [6.07, 6.45) is 0.680. The van der Waals surface area contributed by atoms with Gasteiger partial charge < -0.3 is 29.6 Å². The number of aliphatic hydroxyl groups excluding tert-OH is 1. The van der Waals surface area contributed by atoms with E-state index in [-0.39, 0.29) is 18.4 Å². The van der Waals surface area contributed by atoms with Crippen LogP contribution < -0.4 is 14.8 Å². The second kappa shape index (κ2) is 12.3. The molecule has 0 aliphatic heterocycles. The van der Waals surface area contributed by atoms with Crippen LogP contribution in [-0.2, 0) is 11.2 Å². The summed E-state index contributed by atoms with van der Waals surface area (Å²) in [7, 11) is 5.73. The number of aliphatic hydroxyl groups is 1. The Labute approximate surface area is 179 Å². The molecule has 0 heterocycles. The number of ketones is 1. The normalized spacial score (nSPS) is 13.1. The van der Waals surface area contributed by atoms with Crippen LogP contribution in [0.25, 0.3) is 0 Å². The molecule has 2 aromatic rings. The van der Waals surface area contributed by atoms with Crippen LogP contribution in [0.2, 0.25) is 0 Å². The lowest BCUT2D eigenvalue weighted by Gasteiger charge is -2.26. The summed E-state index contributed by atoms with van der Waals surface area (Å²) in [5, 5.41) is 13.6. The summed E-state index contributed by atoms with van der Waals surface area (Å²) in [5.41, 5.74) is 2.29. The smallest absolute Gasteiger partial charge is 0.130 e. The highest BCUT2D eigenvalue weighted by atomic mass is 16.5. The van der Waals surface area contributed by atoms with E-state index in [1.807, 2.05) is 50.5 Å². The number of benzene rings is 2. The highest BCUT2D eigenvalue weighted by Gasteiger charge is 2.15. The number of hydrogen-bond donors (Lipinski definition) is 2. The van der Waals surface area contributed by atoms with Crippen molar-refractivity contribution in [1.82, 2.24) is 10.2 Å². The molecule has 2 aromatic carbocycles. The molecule has 0 saturated heterocycles. The number of likely N-dealkylation sites (N-methyl/N-ethyl adjacent to an activating group) is 1. The molecule has 0 radical (unpaired) electrons. The molecule has 0 aliphatic rings. The molecule has 6 heteroatoms. The largest absolute Gasteiger partial charge is 0.497 e. The monoisotopic (exact) mass is 414 g/mol. The van der Waals surface area contributed by atoms with E-state index in [4.69, 9.17) is 9.47 Å². The number of carbonyl (C=O) groups is 1. The molecule has 0 aromatic heterocycles. The molecule has 2 atom stereocenters. The number of rotatable bonds is 13. The van der Waals surface area contributed by atoms with Crippen LogP contribution >= 0.6 is 0 Å². The molecule has 0 amide bonds. The predicted octanol–water partition coefficient (Wildman–Crippen LogP) is 2.85. The minimum Gasteiger partial charge on any atom is -0.497 e. The maximum absolute atomic E-state index is 11.1. The van der Waals surface area contributed by atoms with E-state index in [1.54, 1.807) is 14.0 Å². The quantitative estimate of drug-likeness (QED) is 0.525. The summed E-state index contributed by atoms with van der Waals surface area (Å²) < 4.78 is 10.9. The van der Waals surface area contributed by atoms with Gasteiger partial charge in [0.1, 0.15) is 30.0 Å². The molecule has 30 heavy (non-hydrogen) atoms. The summed E-state index contributed by atoms with van der Waals surface area (Å²) in [4.78, 5) is 13.2. The van der Waals surface area contributed by atoms with Gasteiger partial charge >= 0.3 is 0 Å². The number of carbonyl (C=O) groups excluding carboxylic acids is 1. The Balaban J connectivity index is 1.74. The summed E-state index contributed by atoms with van der Waals surface area (Å²) in [5.74, 6) is 1.74. The van der Waals surface area contributed by atoms with Gasteiger partial charge in [0.05, 0.1) is 7.11 Å². The minimum atomic E-state index is -0.610. The third kappa shape index (κ3) is 8.14. The zero-order chi connectivity index (χ0) is 21.9. The number of hydrogen-bond acceptors (Lipinski definition) is 6. The molecule has 0 saturated carbocycles. The van der Waals surface area contributed by atoms with E-state index in [2.05, 4.69) is 22.3 Å². The first-order valence-electron chi connectivity index (χ1n) is 10.3. The first-order chi connectivity index (χ1) is 14.4. The molecule has 0 aliphatic carbocycles. The standard InChI is InChI=1S/C24H34N2O4/c1-18(27)5-6-19-7-11-23(12-8-19)30-17-21(28)15-25-16-24(26(2)3)20-9-13-22(29-4)14-10-20/h7-14,21,24-25,28H,5-6,15-17H2,1-4H3/t21-,24-/m1/s1. The summed E-state index contributed by atoms with van der Waals surface area (Å²) >= 11 is 0. The van der Waals surface area contributed by atoms with Crippen molar-refractivity contribution in [3.63, 3.8) is 0 Å². The lowest BCUT2D eigenvalue weighted by Crippen LogP contribution is -2.37. The average molecular weight is 415 g/mol. The number of ether oxygens (including phenoxy) is 2. The summed E-state index contributed by atoms with van der Waals surface area (Å²) in [6.45, 7) is 2.97. The molecule has 0 unspecified atom stereocenters. The first kappa shape index (κ1) is 23.9. The Morgan fingerprint density at radius 2 is 1.67 bits per heavy atom. The molecule has 6 nitrogen and oxygen atoms in total. The van der Waals surface area contributed by atoms with Crippen LogP contribution in [0.15, 0.2) is 48.5 Å². The van der Waals surface area contributed by atoms with Gasteiger partial charge in [-0.1, -0.05) is 24.3 Å². The minimum absolute atomic E-state index is 0.187. The second-order valence-electron chi connectivity index (χ2n) is 7.72. The number of aryl methyl sites for hydroxylation is 1. The van der Waals surface area contributed by atoms with Crippen molar-refractivity contribution in [2.24, 2.45) is 0 Å². The van der Waals surface area contributed by atoms with Crippen LogP contribution in [0.3, 0.4) is 0 Å². The number of Topliss-reactive ketones (excluding diaryl/α,β-unsaturated/α-hetero) is 1. The van der Waals surface area contributed by atoms with E-state index >= 15 is 0 Å². The highest BCUT2D eigenvalue weighted by molar-refractivity contribution is 5.75. The van der Waals surface area contributed by atoms with Crippen molar-refractivity contribution in [3.8, 4) is 11.5 Å². The van der Waals surface area contributed by atoms with Crippen LogP contribution in [0.5, 0.6) is 11.5 Å². The van der Waals surface area contributed by atoms with Crippen LogP contribution in [-0.4, -0.2) is 62.8 Å². The molecule has 2 N–H and O–H groups in total. The van der Waals surface area contributed by atoms with Gasteiger partial charge in [0, 0.05) is 25.6 Å². The third-order valence-electron chi connectivity index (χ3n) is 4.97. The van der Waals surface area contributed by atoms with Gasteiger partial charge in [-0.2, -0.15) is 0 Å². The van der Waals surface area contributed by atoms with E-state index < -0.39 is 6.10 Å². The highest BCUT2D eigenvalue weighted by Crippen LogP contribution is 2.20. The molecule has 0 fully saturated rings. The number of nitrogens with one attached hydrogen (secondary N) is 1. The third-order valence-corrected chi connectivity index (χ3v) is 4.97. The van der Waals surface area contributed by atoms with Gasteiger partial charge in [0.25, 0.3) is 0 Å². The van der Waals surface area contributed by atoms with Crippen molar-refractivity contribution >= 4 is 5.78 Å². The Hall–Kier alpha value is -2.41. The van der Waals surface area contributed by atoms with Gasteiger partial charge in [-0.25, -0.2) is 0 Å². The van der Waals surface area contributed by atoms with Crippen molar-refractivity contribution in [2.75, 3.05) is 40.9 Å². The van der Waals surface area contributed by atoms with E-state index in [0.717, 1.165) is 17.7 Å². The fourth-order valence-corrected chi connectivity index (χ4v) is 3.14.